The van der Waals surface area contributed by atoms with Crippen LogP contribution >= 0.6 is 27.5 Å². The van der Waals surface area contributed by atoms with Gasteiger partial charge in [-0.3, -0.25) is 0 Å². The summed E-state index contributed by atoms with van der Waals surface area (Å²) in [4.78, 5) is 4.47. The van der Waals surface area contributed by atoms with Crippen LogP contribution in [0.5, 0.6) is 0 Å². The van der Waals surface area contributed by atoms with Crippen LogP contribution < -0.4 is 11.3 Å². The number of anilines is 1. The van der Waals surface area contributed by atoms with Gasteiger partial charge in [-0.2, -0.15) is 0 Å². The number of aryl methyl sites for hydroxylation is 1. The minimum absolute atomic E-state index is 0.628. The summed E-state index contributed by atoms with van der Waals surface area (Å²) in [6.07, 6.45) is 1.97. The molecule has 0 amide bonds. The number of benzene rings is 1. The van der Waals surface area contributed by atoms with Gasteiger partial charge < -0.3 is 5.43 Å². The number of hydrogen-bond donors (Lipinski definition) is 2. The summed E-state index contributed by atoms with van der Waals surface area (Å²) in [6, 6.07) is 5.83. The summed E-state index contributed by atoms with van der Waals surface area (Å²) in [7, 11) is 0. The second-order valence-electron chi connectivity index (χ2n) is 3.82. The van der Waals surface area contributed by atoms with Gasteiger partial charge in [-0.1, -0.05) is 40.9 Å². The summed E-state index contributed by atoms with van der Waals surface area (Å²) in [5, 5.41) is 1.64. The first-order valence-corrected chi connectivity index (χ1v) is 6.58. The molecule has 0 aliphatic carbocycles. The Balaban J connectivity index is 2.73. The summed E-state index contributed by atoms with van der Waals surface area (Å²) >= 11 is 9.65. The van der Waals surface area contributed by atoms with Crippen molar-refractivity contribution in [2.75, 3.05) is 5.43 Å². The molecule has 0 saturated heterocycles. The number of nitrogens with zero attached hydrogens (tertiary/aromatic N) is 1. The number of nitrogen functional groups attached to an aromatic ring is 1. The van der Waals surface area contributed by atoms with Gasteiger partial charge in [-0.05, 0) is 30.2 Å². The van der Waals surface area contributed by atoms with E-state index in [4.69, 9.17) is 17.4 Å². The van der Waals surface area contributed by atoms with E-state index in [1.807, 2.05) is 12.1 Å². The Hall–Kier alpha value is -0.840. The monoisotopic (exact) mass is 313 g/mol. The van der Waals surface area contributed by atoms with Gasteiger partial charge in [0.15, 0.2) is 0 Å². The van der Waals surface area contributed by atoms with Gasteiger partial charge in [-0.25, -0.2) is 10.8 Å². The van der Waals surface area contributed by atoms with Crippen LogP contribution in [0.25, 0.3) is 10.9 Å². The number of aromatic nitrogens is 1. The van der Waals surface area contributed by atoms with E-state index < -0.39 is 0 Å². The van der Waals surface area contributed by atoms with Crippen LogP contribution in [0.15, 0.2) is 22.7 Å². The zero-order valence-electron chi connectivity index (χ0n) is 9.43. The summed E-state index contributed by atoms with van der Waals surface area (Å²) in [5.74, 6) is 6.19. The number of fused-ring (bicyclic) bond motifs is 1. The minimum Gasteiger partial charge on any atom is -0.308 e. The standard InChI is InChI=1S/C12H13BrClN3/c1-2-3-7-6-8-9(13)4-5-10(14)11(8)16-12(7)17-15/h4-6H,2-3,15H2,1H3,(H,16,17). The molecule has 1 aromatic heterocycles. The maximum Gasteiger partial charge on any atom is 0.143 e. The molecule has 17 heavy (non-hydrogen) atoms. The Bertz CT molecular complexity index is 557. The van der Waals surface area contributed by atoms with E-state index in [1.165, 1.54) is 0 Å². The molecular formula is C12H13BrClN3. The Kier molecular flexibility index (Phi) is 3.86. The number of halogens is 2. The number of nitrogens with one attached hydrogen (secondary N) is 1. The molecule has 1 aromatic carbocycles. The quantitative estimate of drug-likeness (QED) is 0.667. The highest BCUT2D eigenvalue weighted by Gasteiger charge is 2.10. The molecule has 2 aromatic rings. The maximum atomic E-state index is 6.14. The van der Waals surface area contributed by atoms with E-state index in [9.17, 15) is 0 Å². The first kappa shape index (κ1) is 12.6. The van der Waals surface area contributed by atoms with Crippen molar-refractivity contribution in [1.82, 2.24) is 4.98 Å². The van der Waals surface area contributed by atoms with Crippen molar-refractivity contribution < 1.29 is 0 Å². The lowest BCUT2D eigenvalue weighted by atomic mass is 10.1. The van der Waals surface area contributed by atoms with Crippen LogP contribution in [0.2, 0.25) is 5.02 Å². The molecule has 3 nitrogen and oxygen atoms in total. The van der Waals surface area contributed by atoms with Gasteiger partial charge in [0.2, 0.25) is 0 Å². The SMILES string of the molecule is CCCc1cc2c(Br)ccc(Cl)c2nc1NN. The molecule has 0 spiro atoms. The van der Waals surface area contributed by atoms with Crippen LogP contribution in [0.3, 0.4) is 0 Å². The van der Waals surface area contributed by atoms with Gasteiger partial charge in [0.05, 0.1) is 10.5 Å². The van der Waals surface area contributed by atoms with Crippen molar-refractivity contribution in [2.24, 2.45) is 5.84 Å². The zero-order valence-corrected chi connectivity index (χ0v) is 11.8. The third-order valence-electron chi connectivity index (χ3n) is 2.62. The average Bonchev–Trinajstić information content (AvgIpc) is 2.34. The minimum atomic E-state index is 0.628. The highest BCUT2D eigenvalue weighted by Crippen LogP contribution is 2.31. The maximum absolute atomic E-state index is 6.14. The lowest BCUT2D eigenvalue weighted by Crippen LogP contribution is -2.11. The Morgan fingerprint density at radius 3 is 2.88 bits per heavy atom. The third kappa shape index (κ3) is 2.39. The molecule has 0 bridgehead atoms. The van der Waals surface area contributed by atoms with Crippen LogP contribution in [-0.2, 0) is 6.42 Å². The van der Waals surface area contributed by atoms with Gasteiger partial charge in [0.25, 0.3) is 0 Å². The summed E-state index contributed by atoms with van der Waals surface area (Å²) in [5.41, 5.74) is 4.49. The molecule has 3 N–H and O–H groups in total. The lowest BCUT2D eigenvalue weighted by Gasteiger charge is -2.11. The van der Waals surface area contributed by atoms with Crippen molar-refractivity contribution in [1.29, 1.82) is 0 Å². The summed E-state index contributed by atoms with van der Waals surface area (Å²) in [6.45, 7) is 2.12. The molecule has 0 unspecified atom stereocenters. The highest BCUT2D eigenvalue weighted by atomic mass is 79.9. The van der Waals surface area contributed by atoms with E-state index in [2.05, 4.69) is 39.3 Å². The molecular weight excluding hydrogens is 302 g/mol. The molecule has 0 radical (unpaired) electrons. The molecule has 0 saturated carbocycles. The van der Waals surface area contributed by atoms with E-state index in [-0.39, 0.29) is 0 Å². The molecule has 2 rings (SSSR count). The van der Waals surface area contributed by atoms with Gasteiger partial charge in [-0.15, -0.1) is 0 Å². The third-order valence-corrected chi connectivity index (χ3v) is 3.61. The average molecular weight is 315 g/mol. The number of rotatable bonds is 3. The van der Waals surface area contributed by atoms with Crippen LogP contribution in [0.1, 0.15) is 18.9 Å². The molecule has 0 fully saturated rings. The largest absolute Gasteiger partial charge is 0.308 e. The number of hydrazine groups is 1. The van der Waals surface area contributed by atoms with Crippen molar-refractivity contribution in [3.8, 4) is 0 Å². The topological polar surface area (TPSA) is 50.9 Å². The van der Waals surface area contributed by atoms with Crippen LogP contribution in [0, 0.1) is 0 Å². The zero-order chi connectivity index (χ0) is 12.4. The van der Waals surface area contributed by atoms with E-state index in [0.717, 1.165) is 33.8 Å². The smallest absolute Gasteiger partial charge is 0.143 e. The van der Waals surface area contributed by atoms with Gasteiger partial charge >= 0.3 is 0 Å². The molecule has 5 heteroatoms. The Morgan fingerprint density at radius 1 is 1.47 bits per heavy atom. The first-order valence-electron chi connectivity index (χ1n) is 5.41. The Labute approximate surface area is 113 Å². The van der Waals surface area contributed by atoms with Crippen molar-refractivity contribution >= 4 is 44.3 Å². The predicted molar refractivity (Wildman–Crippen MR) is 76.3 cm³/mol. The Morgan fingerprint density at radius 2 is 2.24 bits per heavy atom. The van der Waals surface area contributed by atoms with Gasteiger partial charge in [0.1, 0.15) is 5.82 Å². The lowest BCUT2D eigenvalue weighted by molar-refractivity contribution is 0.917. The first-order chi connectivity index (χ1) is 8.17. The molecule has 0 aliphatic rings. The highest BCUT2D eigenvalue weighted by molar-refractivity contribution is 9.10. The molecule has 0 aliphatic heterocycles. The number of nitrogens with two attached hydrogens (primary N) is 1. The second-order valence-corrected chi connectivity index (χ2v) is 5.08. The van der Waals surface area contributed by atoms with E-state index in [1.54, 1.807) is 0 Å². The summed E-state index contributed by atoms with van der Waals surface area (Å²) < 4.78 is 0.991. The molecule has 1 heterocycles. The van der Waals surface area contributed by atoms with Crippen LogP contribution in [0.4, 0.5) is 5.82 Å². The normalized spacial score (nSPS) is 10.8. The molecule has 0 atom stereocenters. The van der Waals surface area contributed by atoms with E-state index >= 15 is 0 Å². The second kappa shape index (κ2) is 5.21. The fraction of sp³-hybridized carbons (Fsp3) is 0.250. The fourth-order valence-electron chi connectivity index (χ4n) is 1.82. The molecule has 90 valence electrons. The van der Waals surface area contributed by atoms with Crippen molar-refractivity contribution in [3.05, 3.63) is 33.3 Å². The van der Waals surface area contributed by atoms with Gasteiger partial charge in [0, 0.05) is 9.86 Å². The van der Waals surface area contributed by atoms with Crippen molar-refractivity contribution in [3.63, 3.8) is 0 Å². The van der Waals surface area contributed by atoms with Crippen LogP contribution in [-0.4, -0.2) is 4.98 Å². The fourth-order valence-corrected chi connectivity index (χ4v) is 2.46. The number of pyridine rings is 1. The number of hydrogen-bond acceptors (Lipinski definition) is 3. The van der Waals surface area contributed by atoms with Crippen molar-refractivity contribution in [2.45, 2.75) is 19.8 Å². The van der Waals surface area contributed by atoms with E-state index in [0.29, 0.717) is 10.8 Å². The predicted octanol–water partition coefficient (Wildman–Crippen LogP) is 3.89.